The molecule has 3 rings (SSSR count). The summed E-state index contributed by atoms with van der Waals surface area (Å²) in [6, 6.07) is 23.7. The van der Waals surface area contributed by atoms with Crippen LogP contribution in [0.4, 0.5) is 0 Å². The van der Waals surface area contributed by atoms with Crippen LogP contribution in [-0.2, 0) is 14.6 Å². The SMILES string of the molecule is COC(=O)c1ccc(OCCC(CS(=O)(=O)c2ccc(C)cc2)[Se]c2ccccc2)cc1. The Morgan fingerprint density at radius 2 is 1.59 bits per heavy atom. The molecule has 168 valence electrons. The molecule has 1 unspecified atom stereocenters. The third kappa shape index (κ3) is 6.95. The number of sulfone groups is 1. The van der Waals surface area contributed by atoms with E-state index in [0.29, 0.717) is 29.2 Å². The quantitative estimate of drug-likeness (QED) is 0.302. The predicted octanol–water partition coefficient (Wildman–Crippen LogP) is 3.84. The normalized spacial score (nSPS) is 12.2. The van der Waals surface area contributed by atoms with Gasteiger partial charge in [-0.3, -0.25) is 0 Å². The molecular formula is C25H26O5SSe. The fourth-order valence-corrected chi connectivity index (χ4v) is 8.01. The van der Waals surface area contributed by atoms with Gasteiger partial charge in [0.1, 0.15) is 0 Å². The number of esters is 1. The summed E-state index contributed by atoms with van der Waals surface area (Å²) >= 11 is -0.0167. The summed E-state index contributed by atoms with van der Waals surface area (Å²) in [6.45, 7) is 2.33. The number of rotatable bonds is 10. The second-order valence-electron chi connectivity index (χ2n) is 7.30. The molecule has 0 N–H and O–H groups in total. The maximum atomic E-state index is 13.0. The van der Waals surface area contributed by atoms with Gasteiger partial charge in [-0.2, -0.15) is 0 Å². The number of carbonyl (C=O) groups is 1. The van der Waals surface area contributed by atoms with Crippen LogP contribution < -0.4 is 9.20 Å². The Morgan fingerprint density at radius 1 is 0.938 bits per heavy atom. The van der Waals surface area contributed by atoms with Crippen molar-refractivity contribution >= 4 is 35.2 Å². The van der Waals surface area contributed by atoms with E-state index >= 15 is 0 Å². The van der Waals surface area contributed by atoms with Gasteiger partial charge in [-0.05, 0) is 0 Å². The van der Waals surface area contributed by atoms with Gasteiger partial charge in [0.25, 0.3) is 0 Å². The van der Waals surface area contributed by atoms with Gasteiger partial charge in [-0.1, -0.05) is 0 Å². The molecule has 0 amide bonds. The van der Waals surface area contributed by atoms with E-state index in [4.69, 9.17) is 9.47 Å². The van der Waals surface area contributed by atoms with E-state index in [-0.39, 0.29) is 25.5 Å². The Balaban J connectivity index is 1.67. The zero-order valence-corrected chi connectivity index (χ0v) is 20.6. The number of benzene rings is 3. The molecule has 0 fully saturated rings. The van der Waals surface area contributed by atoms with Crippen LogP contribution >= 0.6 is 0 Å². The van der Waals surface area contributed by atoms with Crippen molar-refractivity contribution in [3.63, 3.8) is 0 Å². The average Bonchev–Trinajstić information content (AvgIpc) is 2.79. The summed E-state index contributed by atoms with van der Waals surface area (Å²) in [7, 11) is -2.06. The van der Waals surface area contributed by atoms with Crippen molar-refractivity contribution in [1.29, 1.82) is 0 Å². The fraction of sp³-hybridized carbons (Fsp3) is 0.240. The first-order chi connectivity index (χ1) is 15.4. The molecule has 0 radical (unpaired) electrons. The topological polar surface area (TPSA) is 69.7 Å². The maximum absolute atomic E-state index is 13.0. The second-order valence-corrected chi connectivity index (χ2v) is 12.2. The fourth-order valence-electron chi connectivity index (χ4n) is 3.07. The van der Waals surface area contributed by atoms with Crippen LogP contribution in [0, 0.1) is 6.92 Å². The zero-order chi connectivity index (χ0) is 23.0. The average molecular weight is 518 g/mol. The van der Waals surface area contributed by atoms with E-state index < -0.39 is 15.8 Å². The molecule has 3 aromatic carbocycles. The molecule has 0 aliphatic heterocycles. The molecule has 1 atom stereocenters. The van der Waals surface area contributed by atoms with E-state index in [9.17, 15) is 13.2 Å². The molecule has 0 aliphatic carbocycles. The van der Waals surface area contributed by atoms with Crippen LogP contribution in [0.25, 0.3) is 0 Å². The number of methoxy groups -OCH3 is 1. The summed E-state index contributed by atoms with van der Waals surface area (Å²) in [4.78, 5) is 11.9. The van der Waals surface area contributed by atoms with Gasteiger partial charge < -0.3 is 0 Å². The molecule has 7 heteroatoms. The first-order valence-electron chi connectivity index (χ1n) is 10.2. The number of carbonyl (C=O) groups excluding carboxylic acids is 1. The molecule has 0 bridgehead atoms. The third-order valence-corrected chi connectivity index (χ3v) is 9.81. The molecule has 32 heavy (non-hydrogen) atoms. The number of hydrogen-bond donors (Lipinski definition) is 0. The van der Waals surface area contributed by atoms with Crippen molar-refractivity contribution in [2.45, 2.75) is 23.1 Å². The van der Waals surface area contributed by atoms with Gasteiger partial charge in [-0.25, -0.2) is 0 Å². The standard InChI is InChI=1S/C25H26O5SSe/c1-19-8-14-22(15-9-19)31(27,28)18-24(32-23-6-4-3-5-7-23)16-17-30-21-12-10-20(11-13-21)25(26)29-2/h3-15,24H,16-18H2,1-2H3. The van der Waals surface area contributed by atoms with Crippen molar-refractivity contribution in [3.05, 3.63) is 90.0 Å². The first-order valence-corrected chi connectivity index (χ1v) is 13.7. The van der Waals surface area contributed by atoms with Crippen LogP contribution in [0.3, 0.4) is 0 Å². The monoisotopic (exact) mass is 518 g/mol. The van der Waals surface area contributed by atoms with E-state index in [1.165, 1.54) is 7.11 Å². The van der Waals surface area contributed by atoms with E-state index in [1.807, 2.05) is 49.4 Å². The molecule has 5 nitrogen and oxygen atoms in total. The minimum atomic E-state index is -3.40. The van der Waals surface area contributed by atoms with E-state index in [1.54, 1.807) is 36.4 Å². The summed E-state index contributed by atoms with van der Waals surface area (Å²) < 4.78 is 37.8. The van der Waals surface area contributed by atoms with Gasteiger partial charge in [0, 0.05) is 0 Å². The Kier molecular flexibility index (Phi) is 8.51. The summed E-state index contributed by atoms with van der Waals surface area (Å²) in [5.74, 6) is 0.309. The molecule has 3 aromatic rings. The number of hydrogen-bond acceptors (Lipinski definition) is 5. The Labute approximate surface area is 195 Å². The van der Waals surface area contributed by atoms with Crippen molar-refractivity contribution in [2.24, 2.45) is 0 Å². The molecule has 0 spiro atoms. The molecular weight excluding hydrogens is 491 g/mol. The van der Waals surface area contributed by atoms with Gasteiger partial charge in [-0.15, -0.1) is 0 Å². The molecule has 0 saturated heterocycles. The Hall–Kier alpha value is -2.60. The predicted molar refractivity (Wildman–Crippen MR) is 127 cm³/mol. The Bertz CT molecular complexity index is 1110. The Morgan fingerprint density at radius 3 is 2.22 bits per heavy atom. The van der Waals surface area contributed by atoms with Gasteiger partial charge in [0.15, 0.2) is 0 Å². The molecule has 0 heterocycles. The minimum absolute atomic E-state index is 0.0167. The van der Waals surface area contributed by atoms with E-state index in [0.717, 1.165) is 10.0 Å². The van der Waals surface area contributed by atoms with Crippen LogP contribution in [-0.4, -0.2) is 48.8 Å². The molecule has 0 aliphatic rings. The van der Waals surface area contributed by atoms with E-state index in [2.05, 4.69) is 0 Å². The van der Waals surface area contributed by atoms with Crippen molar-refractivity contribution in [1.82, 2.24) is 0 Å². The van der Waals surface area contributed by atoms with Crippen LogP contribution in [0.1, 0.15) is 22.3 Å². The van der Waals surface area contributed by atoms with Crippen LogP contribution in [0.5, 0.6) is 5.75 Å². The van der Waals surface area contributed by atoms with Crippen LogP contribution in [0.2, 0.25) is 4.82 Å². The van der Waals surface area contributed by atoms with Crippen molar-refractivity contribution < 1.29 is 22.7 Å². The van der Waals surface area contributed by atoms with Gasteiger partial charge in [0.2, 0.25) is 0 Å². The summed E-state index contributed by atoms with van der Waals surface area (Å²) in [5, 5.41) is 0. The third-order valence-electron chi connectivity index (χ3n) is 4.82. The second kappa shape index (κ2) is 11.3. The van der Waals surface area contributed by atoms with Gasteiger partial charge >= 0.3 is 196 Å². The molecule has 0 saturated carbocycles. The summed E-state index contributed by atoms with van der Waals surface area (Å²) in [6.07, 6.45) is 0.610. The van der Waals surface area contributed by atoms with Gasteiger partial charge in [0.05, 0.1) is 0 Å². The summed E-state index contributed by atoms with van der Waals surface area (Å²) in [5.41, 5.74) is 1.48. The molecule has 0 aromatic heterocycles. The van der Waals surface area contributed by atoms with Crippen LogP contribution in [0.15, 0.2) is 83.8 Å². The first kappa shape index (κ1) is 24.1. The van der Waals surface area contributed by atoms with Crippen molar-refractivity contribution in [3.8, 4) is 5.75 Å². The number of ether oxygens (including phenoxy) is 2. The zero-order valence-electron chi connectivity index (χ0n) is 18.1. The number of aryl methyl sites for hydroxylation is 1. The van der Waals surface area contributed by atoms with Crippen molar-refractivity contribution in [2.75, 3.05) is 19.5 Å².